The van der Waals surface area contributed by atoms with Crippen LogP contribution in [0.4, 0.5) is 8.78 Å². The average molecular weight is 213 g/mol. The molecular weight excluding hydrogens is 196 g/mol. The summed E-state index contributed by atoms with van der Waals surface area (Å²) in [7, 11) is 1.87. The van der Waals surface area contributed by atoms with Crippen molar-refractivity contribution in [3.05, 3.63) is 35.4 Å². The highest BCUT2D eigenvalue weighted by Crippen LogP contribution is 2.23. The van der Waals surface area contributed by atoms with Crippen LogP contribution in [0.3, 0.4) is 0 Å². The summed E-state index contributed by atoms with van der Waals surface area (Å²) in [6, 6.07) is 4.09. The summed E-state index contributed by atoms with van der Waals surface area (Å²) in [6.45, 7) is 3.99. The van der Waals surface area contributed by atoms with E-state index in [1.807, 2.05) is 20.9 Å². The first-order valence-electron chi connectivity index (χ1n) is 5.16. The Labute approximate surface area is 89.5 Å². The van der Waals surface area contributed by atoms with Crippen LogP contribution < -0.4 is 5.32 Å². The molecule has 0 aliphatic heterocycles. The predicted octanol–water partition coefficient (Wildman–Crippen LogP) is 3.07. The lowest BCUT2D eigenvalue weighted by molar-refractivity contribution is 0.494. The monoisotopic (exact) mass is 213 g/mol. The highest BCUT2D eigenvalue weighted by Gasteiger charge is 2.13. The molecule has 0 fully saturated rings. The largest absolute Gasteiger partial charge is 0.317 e. The van der Waals surface area contributed by atoms with Crippen LogP contribution in [0.5, 0.6) is 0 Å². The van der Waals surface area contributed by atoms with Gasteiger partial charge >= 0.3 is 0 Å². The second-order valence-electron chi connectivity index (χ2n) is 3.99. The summed E-state index contributed by atoms with van der Waals surface area (Å²) in [5.41, 5.74) is 0.582. The lowest BCUT2D eigenvalue weighted by Gasteiger charge is -2.17. The van der Waals surface area contributed by atoms with E-state index in [-0.39, 0.29) is 5.92 Å². The van der Waals surface area contributed by atoms with E-state index in [1.54, 1.807) is 0 Å². The van der Waals surface area contributed by atoms with E-state index >= 15 is 0 Å². The summed E-state index contributed by atoms with van der Waals surface area (Å²) in [5.74, 6) is -0.885. The Morgan fingerprint density at radius 1 is 1.27 bits per heavy atom. The van der Waals surface area contributed by atoms with Gasteiger partial charge in [0, 0.05) is 12.1 Å². The van der Waals surface area contributed by atoms with Crippen LogP contribution in [0, 0.1) is 11.6 Å². The van der Waals surface area contributed by atoms with Crippen molar-refractivity contribution in [3.8, 4) is 0 Å². The number of rotatable bonds is 4. The van der Waals surface area contributed by atoms with Gasteiger partial charge in [-0.2, -0.15) is 0 Å². The zero-order valence-electron chi connectivity index (χ0n) is 9.35. The standard InChI is InChI=1S/C12H17F2N/c1-8(6-9(2)15-3)11-5-4-10(13)7-12(11)14/h4-5,7-9,15H,6H2,1-3H3. The summed E-state index contributed by atoms with van der Waals surface area (Å²) >= 11 is 0. The molecule has 1 aromatic carbocycles. The average Bonchev–Trinajstić information content (AvgIpc) is 2.17. The van der Waals surface area contributed by atoms with Crippen LogP contribution in [-0.2, 0) is 0 Å². The van der Waals surface area contributed by atoms with Crippen molar-refractivity contribution in [2.45, 2.75) is 32.2 Å². The van der Waals surface area contributed by atoms with Gasteiger partial charge in [-0.15, -0.1) is 0 Å². The minimum Gasteiger partial charge on any atom is -0.317 e. The van der Waals surface area contributed by atoms with Gasteiger partial charge in [0.05, 0.1) is 0 Å². The van der Waals surface area contributed by atoms with Gasteiger partial charge in [0.2, 0.25) is 0 Å². The summed E-state index contributed by atoms with van der Waals surface area (Å²) in [4.78, 5) is 0. The first-order valence-corrected chi connectivity index (χ1v) is 5.16. The maximum atomic E-state index is 13.4. The molecule has 1 rings (SSSR count). The molecule has 15 heavy (non-hydrogen) atoms. The summed E-state index contributed by atoms with van der Waals surface area (Å²) < 4.78 is 26.1. The summed E-state index contributed by atoms with van der Waals surface area (Å²) in [5, 5.41) is 3.10. The number of benzene rings is 1. The first-order chi connectivity index (χ1) is 7.04. The minimum absolute atomic E-state index is 0.0908. The molecule has 0 aliphatic rings. The molecule has 1 nitrogen and oxygen atoms in total. The zero-order chi connectivity index (χ0) is 11.4. The normalized spacial score (nSPS) is 15.0. The third-order valence-corrected chi connectivity index (χ3v) is 2.69. The smallest absolute Gasteiger partial charge is 0.129 e. The van der Waals surface area contributed by atoms with Gasteiger partial charge in [0.1, 0.15) is 11.6 Å². The van der Waals surface area contributed by atoms with Crippen LogP contribution in [0.1, 0.15) is 31.7 Å². The molecule has 0 saturated heterocycles. The van der Waals surface area contributed by atoms with E-state index in [0.717, 1.165) is 12.5 Å². The van der Waals surface area contributed by atoms with Gasteiger partial charge in [0.15, 0.2) is 0 Å². The Hall–Kier alpha value is -0.960. The molecule has 0 aliphatic carbocycles. The van der Waals surface area contributed by atoms with Crippen LogP contribution in [0.2, 0.25) is 0 Å². The van der Waals surface area contributed by atoms with Gasteiger partial charge in [-0.1, -0.05) is 13.0 Å². The van der Waals surface area contributed by atoms with Crippen molar-refractivity contribution in [1.29, 1.82) is 0 Å². The van der Waals surface area contributed by atoms with E-state index in [4.69, 9.17) is 0 Å². The third kappa shape index (κ3) is 3.27. The van der Waals surface area contributed by atoms with Crippen LogP contribution >= 0.6 is 0 Å². The Morgan fingerprint density at radius 3 is 2.47 bits per heavy atom. The molecule has 0 heterocycles. The van der Waals surface area contributed by atoms with Crippen molar-refractivity contribution >= 4 is 0 Å². The Balaban J connectivity index is 2.77. The number of hydrogen-bond acceptors (Lipinski definition) is 1. The fourth-order valence-electron chi connectivity index (χ4n) is 1.68. The second kappa shape index (κ2) is 5.21. The highest BCUT2D eigenvalue weighted by atomic mass is 19.1. The molecule has 2 unspecified atom stereocenters. The fourth-order valence-corrected chi connectivity index (χ4v) is 1.68. The minimum atomic E-state index is -0.523. The molecule has 0 amide bonds. The van der Waals surface area contributed by atoms with Crippen molar-refractivity contribution in [1.82, 2.24) is 5.32 Å². The summed E-state index contributed by atoms with van der Waals surface area (Å²) in [6.07, 6.45) is 0.832. The molecule has 1 N–H and O–H groups in total. The molecule has 0 bridgehead atoms. The lowest BCUT2D eigenvalue weighted by Crippen LogP contribution is -2.23. The lowest BCUT2D eigenvalue weighted by atomic mass is 9.94. The third-order valence-electron chi connectivity index (χ3n) is 2.69. The molecule has 0 aromatic heterocycles. The molecule has 0 spiro atoms. The van der Waals surface area contributed by atoms with E-state index in [9.17, 15) is 8.78 Å². The number of halogens is 2. The fraction of sp³-hybridized carbons (Fsp3) is 0.500. The quantitative estimate of drug-likeness (QED) is 0.810. The van der Waals surface area contributed by atoms with Gasteiger partial charge in [0.25, 0.3) is 0 Å². The van der Waals surface area contributed by atoms with Crippen molar-refractivity contribution < 1.29 is 8.78 Å². The Morgan fingerprint density at radius 2 is 1.93 bits per heavy atom. The number of nitrogens with one attached hydrogen (secondary N) is 1. The van der Waals surface area contributed by atoms with Gasteiger partial charge in [-0.25, -0.2) is 8.78 Å². The van der Waals surface area contributed by atoms with Crippen molar-refractivity contribution in [3.63, 3.8) is 0 Å². The van der Waals surface area contributed by atoms with E-state index in [2.05, 4.69) is 5.32 Å². The van der Waals surface area contributed by atoms with Crippen molar-refractivity contribution in [2.24, 2.45) is 0 Å². The second-order valence-corrected chi connectivity index (χ2v) is 3.99. The zero-order valence-corrected chi connectivity index (χ0v) is 9.35. The van der Waals surface area contributed by atoms with Gasteiger partial charge in [-0.3, -0.25) is 0 Å². The SMILES string of the molecule is CNC(C)CC(C)c1ccc(F)cc1F. The maximum Gasteiger partial charge on any atom is 0.129 e. The molecule has 1 aromatic rings. The first kappa shape index (κ1) is 12.1. The Kier molecular flexibility index (Phi) is 4.21. The van der Waals surface area contributed by atoms with Crippen LogP contribution in [0.15, 0.2) is 18.2 Å². The molecule has 0 radical (unpaired) electrons. The van der Waals surface area contributed by atoms with Gasteiger partial charge < -0.3 is 5.32 Å². The molecule has 2 atom stereocenters. The Bertz CT molecular complexity index is 325. The number of hydrogen-bond donors (Lipinski definition) is 1. The molecule has 0 saturated carbocycles. The topological polar surface area (TPSA) is 12.0 Å². The van der Waals surface area contributed by atoms with E-state index in [0.29, 0.717) is 11.6 Å². The predicted molar refractivity (Wildman–Crippen MR) is 57.9 cm³/mol. The van der Waals surface area contributed by atoms with Gasteiger partial charge in [-0.05, 0) is 37.9 Å². The van der Waals surface area contributed by atoms with Crippen LogP contribution in [0.25, 0.3) is 0 Å². The highest BCUT2D eigenvalue weighted by molar-refractivity contribution is 5.22. The molecular formula is C12H17F2N. The molecule has 3 heteroatoms. The van der Waals surface area contributed by atoms with E-state index < -0.39 is 11.6 Å². The van der Waals surface area contributed by atoms with Crippen molar-refractivity contribution in [2.75, 3.05) is 7.05 Å². The van der Waals surface area contributed by atoms with Crippen LogP contribution in [-0.4, -0.2) is 13.1 Å². The maximum absolute atomic E-state index is 13.4. The van der Waals surface area contributed by atoms with E-state index in [1.165, 1.54) is 12.1 Å². The molecule has 84 valence electrons.